The number of rotatable bonds is 7. The average Bonchev–Trinajstić information content (AvgIpc) is 3.11. The van der Waals surface area contributed by atoms with E-state index in [1.54, 1.807) is 6.07 Å². The molecule has 0 spiro atoms. The second kappa shape index (κ2) is 9.56. The Morgan fingerprint density at radius 1 is 1.22 bits per heavy atom. The third kappa shape index (κ3) is 6.35. The Kier molecular flexibility index (Phi) is 6.83. The number of phenolic OH excluding ortho intramolecular Hbond substituents is 1. The number of amides is 1. The number of nitrogens with zero attached hydrogens (tertiary/aromatic N) is 1. The van der Waals surface area contributed by atoms with Crippen LogP contribution < -0.4 is 14.8 Å². The van der Waals surface area contributed by atoms with Crippen LogP contribution in [-0.2, 0) is 14.3 Å². The van der Waals surface area contributed by atoms with E-state index >= 15 is 0 Å². The first kappa shape index (κ1) is 22.9. The first-order valence-corrected chi connectivity index (χ1v) is 9.62. The number of nitrogens with one attached hydrogen (secondary N) is 1. The smallest absolute Gasteiger partial charge is 0.504 e. The van der Waals surface area contributed by atoms with E-state index < -0.39 is 30.6 Å². The van der Waals surface area contributed by atoms with Crippen LogP contribution in [0, 0.1) is 0 Å². The Morgan fingerprint density at radius 3 is 2.72 bits per heavy atom. The maximum Gasteiger partial charge on any atom is 0.573 e. The average molecular weight is 468 g/mol. The highest BCUT2D eigenvalue weighted by Gasteiger charge is 2.31. The molecule has 0 bridgehead atoms. The van der Waals surface area contributed by atoms with Gasteiger partial charge in [0.15, 0.2) is 23.2 Å². The Labute approximate surface area is 182 Å². The van der Waals surface area contributed by atoms with E-state index in [0.717, 1.165) is 29.5 Å². The number of phenols is 1. The Balaban J connectivity index is 1.54. The van der Waals surface area contributed by atoms with Gasteiger partial charge < -0.3 is 19.3 Å². The fraction of sp³-hybridized carbons (Fsp3) is 0.150. The Bertz CT molecular complexity index is 1180. The lowest BCUT2D eigenvalue weighted by Gasteiger charge is -2.07. The van der Waals surface area contributed by atoms with Gasteiger partial charge in [-0.2, -0.15) is 0 Å². The van der Waals surface area contributed by atoms with Gasteiger partial charge >= 0.3 is 12.3 Å². The van der Waals surface area contributed by atoms with E-state index in [4.69, 9.17) is 9.47 Å². The molecule has 0 aliphatic rings. The number of aromatic nitrogens is 1. The van der Waals surface area contributed by atoms with Crippen molar-refractivity contribution in [2.45, 2.75) is 6.36 Å². The zero-order valence-corrected chi connectivity index (χ0v) is 17.1. The summed E-state index contributed by atoms with van der Waals surface area (Å²) < 4.78 is 51.0. The molecule has 32 heavy (non-hydrogen) atoms. The summed E-state index contributed by atoms with van der Waals surface area (Å²) in [6, 6.07) is 8.04. The van der Waals surface area contributed by atoms with Crippen molar-refractivity contribution in [3.05, 3.63) is 48.0 Å². The van der Waals surface area contributed by atoms with Crippen LogP contribution in [0.4, 0.5) is 18.3 Å². The van der Waals surface area contributed by atoms with Gasteiger partial charge in [-0.15, -0.1) is 13.2 Å². The van der Waals surface area contributed by atoms with E-state index in [1.807, 2.05) is 0 Å². The van der Waals surface area contributed by atoms with Gasteiger partial charge in [-0.1, -0.05) is 17.4 Å². The molecule has 3 aromatic rings. The maximum atomic E-state index is 12.3. The third-order valence-corrected chi connectivity index (χ3v) is 4.73. The number of methoxy groups -OCH3 is 1. The maximum absolute atomic E-state index is 12.3. The largest absolute Gasteiger partial charge is 0.573 e. The number of carbonyl (C=O) groups excluding carboxylic acids is 2. The number of benzene rings is 2. The number of halogens is 3. The van der Waals surface area contributed by atoms with Crippen molar-refractivity contribution < 1.29 is 42.1 Å². The second-order valence-electron chi connectivity index (χ2n) is 6.12. The van der Waals surface area contributed by atoms with Gasteiger partial charge in [0.25, 0.3) is 5.91 Å². The molecule has 3 rings (SSSR count). The van der Waals surface area contributed by atoms with Gasteiger partial charge in [-0.3, -0.25) is 10.1 Å². The molecule has 8 nitrogen and oxygen atoms in total. The molecular formula is C20H15F3N2O6S. The van der Waals surface area contributed by atoms with Crippen LogP contribution >= 0.6 is 11.3 Å². The van der Waals surface area contributed by atoms with Crippen LogP contribution in [0.3, 0.4) is 0 Å². The van der Waals surface area contributed by atoms with Crippen molar-refractivity contribution in [2.24, 2.45) is 0 Å². The van der Waals surface area contributed by atoms with Gasteiger partial charge in [0.1, 0.15) is 5.75 Å². The number of esters is 1. The molecule has 0 aliphatic heterocycles. The number of anilines is 1. The lowest BCUT2D eigenvalue weighted by atomic mass is 10.2. The van der Waals surface area contributed by atoms with E-state index in [-0.39, 0.29) is 16.6 Å². The minimum Gasteiger partial charge on any atom is -0.504 e. The van der Waals surface area contributed by atoms with Crippen molar-refractivity contribution in [1.29, 1.82) is 0 Å². The molecule has 168 valence electrons. The molecule has 12 heteroatoms. The molecule has 0 atom stereocenters. The van der Waals surface area contributed by atoms with Gasteiger partial charge in [0.2, 0.25) is 0 Å². The molecule has 0 aliphatic carbocycles. The number of hydrogen-bond acceptors (Lipinski definition) is 8. The predicted octanol–water partition coefficient (Wildman–Crippen LogP) is 4.10. The first-order chi connectivity index (χ1) is 15.1. The van der Waals surface area contributed by atoms with Crippen LogP contribution in [0.2, 0.25) is 0 Å². The molecule has 2 aromatic carbocycles. The molecule has 1 aromatic heterocycles. The van der Waals surface area contributed by atoms with Crippen molar-refractivity contribution >= 4 is 44.6 Å². The summed E-state index contributed by atoms with van der Waals surface area (Å²) in [4.78, 5) is 27.9. The summed E-state index contributed by atoms with van der Waals surface area (Å²) in [7, 11) is 1.39. The summed E-state index contributed by atoms with van der Waals surface area (Å²) in [6.07, 6.45) is -2.31. The number of alkyl halides is 3. The molecule has 1 amide bonds. The second-order valence-corrected chi connectivity index (χ2v) is 7.15. The van der Waals surface area contributed by atoms with Crippen LogP contribution in [0.5, 0.6) is 17.2 Å². The quantitative estimate of drug-likeness (QED) is 0.397. The van der Waals surface area contributed by atoms with E-state index in [9.17, 15) is 27.9 Å². The van der Waals surface area contributed by atoms with E-state index in [0.29, 0.717) is 15.8 Å². The fourth-order valence-corrected chi connectivity index (χ4v) is 3.37. The standard InChI is InChI=1S/C20H15F3N2O6S/c1-29-15-8-11(2-6-14(15)26)3-7-18(28)30-10-17(27)25-19-24-13-5-4-12(9-16(13)32-19)31-20(21,22)23/h2-9,26H,10H2,1H3,(H,24,25,27)/b7-3+. The van der Waals surface area contributed by atoms with Gasteiger partial charge in [-0.05, 0) is 35.9 Å². The third-order valence-electron chi connectivity index (χ3n) is 3.80. The Morgan fingerprint density at radius 2 is 2.00 bits per heavy atom. The molecule has 2 N–H and O–H groups in total. The van der Waals surface area contributed by atoms with Crippen molar-refractivity contribution in [1.82, 2.24) is 4.98 Å². The van der Waals surface area contributed by atoms with Gasteiger partial charge in [0.05, 0.1) is 17.3 Å². The molecule has 0 fully saturated rings. The van der Waals surface area contributed by atoms with Crippen molar-refractivity contribution in [2.75, 3.05) is 19.0 Å². The summed E-state index contributed by atoms with van der Waals surface area (Å²) in [5.41, 5.74) is 0.925. The van der Waals surface area contributed by atoms with Crippen LogP contribution in [0.25, 0.3) is 16.3 Å². The minimum absolute atomic E-state index is 0.0529. The summed E-state index contributed by atoms with van der Waals surface area (Å²) in [5, 5.41) is 12.1. The Hall–Kier alpha value is -3.80. The highest BCUT2D eigenvalue weighted by atomic mass is 32.1. The minimum atomic E-state index is -4.82. The van der Waals surface area contributed by atoms with E-state index in [2.05, 4.69) is 15.0 Å². The predicted molar refractivity (Wildman–Crippen MR) is 110 cm³/mol. The summed E-state index contributed by atoms with van der Waals surface area (Å²) in [5.74, 6) is -1.69. The topological polar surface area (TPSA) is 107 Å². The van der Waals surface area contributed by atoms with Crippen molar-refractivity contribution in [3.63, 3.8) is 0 Å². The molecule has 0 saturated carbocycles. The fourth-order valence-electron chi connectivity index (χ4n) is 2.46. The highest BCUT2D eigenvalue weighted by Crippen LogP contribution is 2.31. The molecule has 0 saturated heterocycles. The number of hydrogen-bond donors (Lipinski definition) is 2. The number of carbonyl (C=O) groups is 2. The van der Waals surface area contributed by atoms with Crippen LogP contribution in [-0.4, -0.2) is 42.0 Å². The summed E-state index contributed by atoms with van der Waals surface area (Å²) >= 11 is 0.935. The first-order valence-electron chi connectivity index (χ1n) is 8.81. The number of fused-ring (bicyclic) bond motifs is 1. The molecule has 0 unspecified atom stereocenters. The summed E-state index contributed by atoms with van der Waals surface area (Å²) in [6.45, 7) is -0.597. The van der Waals surface area contributed by atoms with E-state index in [1.165, 1.54) is 31.4 Å². The van der Waals surface area contributed by atoms with Gasteiger partial charge in [0, 0.05) is 12.1 Å². The number of thiazole rings is 1. The SMILES string of the molecule is COc1cc(/C=C/C(=O)OCC(=O)Nc2nc3ccc(OC(F)(F)F)cc3s2)ccc1O. The van der Waals surface area contributed by atoms with Crippen LogP contribution in [0.15, 0.2) is 42.5 Å². The number of aromatic hydroxyl groups is 1. The molecule has 1 heterocycles. The normalized spacial score (nSPS) is 11.5. The monoisotopic (exact) mass is 468 g/mol. The molecule has 0 radical (unpaired) electrons. The molecular weight excluding hydrogens is 453 g/mol. The number of ether oxygens (including phenoxy) is 3. The van der Waals surface area contributed by atoms with Crippen LogP contribution in [0.1, 0.15) is 5.56 Å². The highest BCUT2D eigenvalue weighted by molar-refractivity contribution is 7.22. The lowest BCUT2D eigenvalue weighted by molar-refractivity contribution is -0.274. The van der Waals surface area contributed by atoms with Crippen molar-refractivity contribution in [3.8, 4) is 17.2 Å². The lowest BCUT2D eigenvalue weighted by Crippen LogP contribution is -2.19. The van der Waals surface area contributed by atoms with Gasteiger partial charge in [-0.25, -0.2) is 9.78 Å². The zero-order valence-electron chi connectivity index (χ0n) is 16.3. The zero-order chi connectivity index (χ0) is 23.3.